The Hall–Kier alpha value is -3.51. The van der Waals surface area contributed by atoms with Crippen molar-refractivity contribution in [3.8, 4) is 11.4 Å². The van der Waals surface area contributed by atoms with Crippen molar-refractivity contribution < 1.29 is 4.79 Å². The molecule has 2 heterocycles. The Bertz CT molecular complexity index is 1100. The van der Waals surface area contributed by atoms with Gasteiger partial charge in [-0.25, -0.2) is 0 Å². The van der Waals surface area contributed by atoms with Crippen LogP contribution in [0.4, 0.5) is 5.95 Å². The SMILES string of the molecule is O=C(c1ccccc1Cl)n1nc(-c2ccncc2)nc1NCc1ccccc1. The first-order valence-electron chi connectivity index (χ1n) is 8.67. The molecular formula is C21H16ClN5O. The molecule has 6 nitrogen and oxygen atoms in total. The molecule has 0 aliphatic carbocycles. The number of hydrogen-bond donors (Lipinski definition) is 1. The van der Waals surface area contributed by atoms with Crippen LogP contribution in [0.1, 0.15) is 15.9 Å². The van der Waals surface area contributed by atoms with Crippen LogP contribution in [0.2, 0.25) is 5.02 Å². The first kappa shape index (κ1) is 17.9. The number of benzene rings is 2. The lowest BCUT2D eigenvalue weighted by atomic mass is 10.2. The molecule has 4 aromatic rings. The zero-order valence-corrected chi connectivity index (χ0v) is 15.5. The van der Waals surface area contributed by atoms with E-state index >= 15 is 0 Å². The fourth-order valence-corrected chi connectivity index (χ4v) is 2.93. The third kappa shape index (κ3) is 3.77. The number of hydrogen-bond acceptors (Lipinski definition) is 5. The highest BCUT2D eigenvalue weighted by Crippen LogP contribution is 2.21. The van der Waals surface area contributed by atoms with Crippen molar-refractivity contribution >= 4 is 23.5 Å². The second kappa shape index (κ2) is 8.02. The fraction of sp³-hybridized carbons (Fsp3) is 0.0476. The third-order valence-electron chi connectivity index (χ3n) is 4.14. The van der Waals surface area contributed by atoms with Crippen LogP contribution < -0.4 is 5.32 Å². The van der Waals surface area contributed by atoms with E-state index in [4.69, 9.17) is 11.6 Å². The first-order chi connectivity index (χ1) is 13.7. The van der Waals surface area contributed by atoms with E-state index in [1.807, 2.05) is 30.3 Å². The fourth-order valence-electron chi connectivity index (χ4n) is 2.72. The number of carbonyl (C=O) groups excluding carboxylic acids is 1. The minimum Gasteiger partial charge on any atom is -0.350 e. The molecule has 1 N–H and O–H groups in total. The molecule has 0 saturated carbocycles. The predicted octanol–water partition coefficient (Wildman–Crippen LogP) is 4.29. The van der Waals surface area contributed by atoms with Crippen LogP contribution in [0, 0.1) is 0 Å². The van der Waals surface area contributed by atoms with Crippen LogP contribution >= 0.6 is 11.6 Å². The van der Waals surface area contributed by atoms with Crippen molar-refractivity contribution in [1.29, 1.82) is 0 Å². The topological polar surface area (TPSA) is 72.7 Å². The average Bonchev–Trinajstić information content (AvgIpc) is 3.18. The lowest BCUT2D eigenvalue weighted by Gasteiger charge is -2.08. The number of rotatable bonds is 5. The number of pyridine rings is 1. The van der Waals surface area contributed by atoms with Gasteiger partial charge >= 0.3 is 0 Å². The Morgan fingerprint density at radius 3 is 2.43 bits per heavy atom. The molecule has 0 fully saturated rings. The normalized spacial score (nSPS) is 10.6. The van der Waals surface area contributed by atoms with Crippen molar-refractivity contribution in [3.63, 3.8) is 0 Å². The minimum atomic E-state index is -0.353. The smallest absolute Gasteiger partial charge is 0.282 e. The van der Waals surface area contributed by atoms with E-state index < -0.39 is 0 Å². The molecule has 4 rings (SSSR count). The monoisotopic (exact) mass is 389 g/mol. The molecular weight excluding hydrogens is 374 g/mol. The van der Waals surface area contributed by atoms with Gasteiger partial charge in [0.05, 0.1) is 10.6 Å². The van der Waals surface area contributed by atoms with Gasteiger partial charge in [-0.3, -0.25) is 9.78 Å². The van der Waals surface area contributed by atoms with Crippen molar-refractivity contribution in [1.82, 2.24) is 19.7 Å². The summed E-state index contributed by atoms with van der Waals surface area (Å²) >= 11 is 6.21. The highest BCUT2D eigenvalue weighted by molar-refractivity contribution is 6.33. The molecule has 2 aromatic heterocycles. The van der Waals surface area contributed by atoms with Gasteiger partial charge in [0.1, 0.15) is 0 Å². The zero-order valence-electron chi connectivity index (χ0n) is 14.8. The standard InChI is InChI=1S/C21H16ClN5O/c22-18-9-5-4-8-17(18)20(28)27-21(24-14-15-6-2-1-3-7-15)25-19(26-27)16-10-12-23-13-11-16/h1-13H,14H2,(H,24,25,26). The van der Waals surface area contributed by atoms with Crippen molar-refractivity contribution in [3.05, 3.63) is 95.3 Å². The first-order valence-corrected chi connectivity index (χ1v) is 9.04. The Morgan fingerprint density at radius 2 is 1.68 bits per heavy atom. The molecule has 0 aliphatic rings. The third-order valence-corrected chi connectivity index (χ3v) is 4.47. The molecule has 0 spiro atoms. The Kier molecular flexibility index (Phi) is 5.12. The summed E-state index contributed by atoms with van der Waals surface area (Å²) in [5, 5.41) is 7.98. The summed E-state index contributed by atoms with van der Waals surface area (Å²) in [6.45, 7) is 0.505. The largest absolute Gasteiger partial charge is 0.350 e. The second-order valence-electron chi connectivity index (χ2n) is 6.03. The van der Waals surface area contributed by atoms with Gasteiger partial charge in [-0.1, -0.05) is 54.1 Å². The highest BCUT2D eigenvalue weighted by atomic mass is 35.5. The molecule has 2 aromatic carbocycles. The van der Waals surface area contributed by atoms with E-state index in [9.17, 15) is 4.79 Å². The Balaban J connectivity index is 1.71. The van der Waals surface area contributed by atoms with Gasteiger partial charge in [0.25, 0.3) is 5.91 Å². The van der Waals surface area contributed by atoms with Gasteiger partial charge < -0.3 is 5.32 Å². The number of aromatic nitrogens is 4. The number of carbonyl (C=O) groups is 1. The molecule has 0 amide bonds. The quantitative estimate of drug-likeness (QED) is 0.551. The molecule has 28 heavy (non-hydrogen) atoms. The molecule has 138 valence electrons. The van der Waals surface area contributed by atoms with E-state index in [2.05, 4.69) is 20.4 Å². The molecule has 0 unspecified atom stereocenters. The van der Waals surface area contributed by atoms with E-state index in [1.54, 1.807) is 48.8 Å². The molecule has 0 atom stereocenters. The van der Waals surface area contributed by atoms with E-state index in [1.165, 1.54) is 4.68 Å². The number of nitrogens with one attached hydrogen (secondary N) is 1. The van der Waals surface area contributed by atoms with Gasteiger partial charge in [0, 0.05) is 24.5 Å². The van der Waals surface area contributed by atoms with Gasteiger partial charge in [-0.05, 0) is 29.8 Å². The molecule has 0 radical (unpaired) electrons. The lowest BCUT2D eigenvalue weighted by Crippen LogP contribution is -2.18. The summed E-state index contributed by atoms with van der Waals surface area (Å²) in [7, 11) is 0. The molecule has 0 saturated heterocycles. The van der Waals surface area contributed by atoms with Crippen LogP contribution in [0.3, 0.4) is 0 Å². The molecule has 0 bridgehead atoms. The lowest BCUT2D eigenvalue weighted by molar-refractivity contribution is 0.0947. The second-order valence-corrected chi connectivity index (χ2v) is 6.44. The van der Waals surface area contributed by atoms with Crippen molar-refractivity contribution in [2.45, 2.75) is 6.54 Å². The minimum absolute atomic E-state index is 0.348. The predicted molar refractivity (Wildman–Crippen MR) is 108 cm³/mol. The maximum absolute atomic E-state index is 13.1. The maximum Gasteiger partial charge on any atom is 0.282 e. The van der Waals surface area contributed by atoms with Crippen molar-refractivity contribution in [2.24, 2.45) is 0 Å². The van der Waals surface area contributed by atoms with E-state index in [-0.39, 0.29) is 5.91 Å². The van der Waals surface area contributed by atoms with Crippen LogP contribution in [0.15, 0.2) is 79.1 Å². The maximum atomic E-state index is 13.1. The van der Waals surface area contributed by atoms with E-state index in [0.717, 1.165) is 11.1 Å². The Labute approximate surface area is 166 Å². The summed E-state index contributed by atoms with van der Waals surface area (Å²) in [6, 6.07) is 20.3. The summed E-state index contributed by atoms with van der Waals surface area (Å²) in [5.41, 5.74) is 2.19. The van der Waals surface area contributed by atoms with Gasteiger partial charge in [-0.2, -0.15) is 9.67 Å². The van der Waals surface area contributed by atoms with Crippen LogP contribution in [0.5, 0.6) is 0 Å². The van der Waals surface area contributed by atoms with Gasteiger partial charge in [0.2, 0.25) is 5.95 Å². The van der Waals surface area contributed by atoms with Gasteiger partial charge in [0.15, 0.2) is 5.82 Å². The van der Waals surface area contributed by atoms with Crippen LogP contribution in [-0.2, 0) is 6.54 Å². The van der Waals surface area contributed by atoms with Gasteiger partial charge in [-0.15, -0.1) is 5.10 Å². The average molecular weight is 390 g/mol. The van der Waals surface area contributed by atoms with E-state index in [0.29, 0.717) is 28.9 Å². The number of halogens is 1. The van der Waals surface area contributed by atoms with Crippen LogP contribution in [0.25, 0.3) is 11.4 Å². The summed E-state index contributed by atoms with van der Waals surface area (Å²) in [6.07, 6.45) is 3.31. The summed E-state index contributed by atoms with van der Waals surface area (Å²) in [5.74, 6) is 0.424. The molecule has 0 aliphatic heterocycles. The zero-order chi connectivity index (χ0) is 19.3. The summed E-state index contributed by atoms with van der Waals surface area (Å²) < 4.78 is 1.25. The van der Waals surface area contributed by atoms with Crippen molar-refractivity contribution in [2.75, 3.05) is 5.32 Å². The molecule has 7 heteroatoms. The Morgan fingerprint density at radius 1 is 0.964 bits per heavy atom. The summed E-state index contributed by atoms with van der Waals surface area (Å²) in [4.78, 5) is 21.6. The van der Waals surface area contributed by atoms with Crippen LogP contribution in [-0.4, -0.2) is 25.7 Å². The highest BCUT2D eigenvalue weighted by Gasteiger charge is 2.20. The number of anilines is 1. The number of nitrogens with zero attached hydrogens (tertiary/aromatic N) is 4.